The maximum atomic E-state index is 4.02. The second kappa shape index (κ2) is 4.43. The minimum atomic E-state index is 0. The lowest BCUT2D eigenvalue weighted by atomic mass is 10.7. The van der Waals surface area contributed by atoms with Crippen LogP contribution < -0.4 is 0 Å². The van der Waals surface area contributed by atoms with Crippen molar-refractivity contribution in [1.82, 2.24) is 4.31 Å². The molecule has 0 saturated heterocycles. The van der Waals surface area contributed by atoms with E-state index in [9.17, 15) is 0 Å². The molecule has 0 aromatic rings. The topological polar surface area (TPSA) is 15.6 Å². The summed E-state index contributed by atoms with van der Waals surface area (Å²) in [6.07, 6.45) is 3.93. The van der Waals surface area contributed by atoms with Crippen LogP contribution in [-0.2, 0) is 0 Å². The third kappa shape index (κ3) is 2.21. The zero-order chi connectivity index (χ0) is 5.11. The fraction of sp³-hybridized carbons (Fsp3) is 0.750. The number of hydrogen-bond donors (Lipinski definition) is 0. The maximum absolute atomic E-state index is 4.02. The second-order valence-electron chi connectivity index (χ2n) is 1.34. The lowest BCUT2D eigenvalue weighted by molar-refractivity contribution is 0.751. The first-order valence-corrected chi connectivity index (χ1v) is 3.42. The van der Waals surface area contributed by atoms with Crippen LogP contribution >= 0.6 is 35.9 Å². The molecule has 0 unspecified atom stereocenters. The van der Waals surface area contributed by atoms with Gasteiger partial charge in [0.2, 0.25) is 0 Å². The van der Waals surface area contributed by atoms with E-state index in [1.807, 2.05) is 6.34 Å². The van der Waals surface area contributed by atoms with Crippen LogP contribution in [0.3, 0.4) is 0 Å². The molecule has 48 valence electrons. The zero-order valence-electron chi connectivity index (χ0n) is 4.70. The largest absolute Gasteiger partial charge is 0.305 e. The Morgan fingerprint density at radius 2 is 2.50 bits per heavy atom. The van der Waals surface area contributed by atoms with Gasteiger partial charge in [-0.25, -0.2) is 0 Å². The molecule has 0 fully saturated rings. The van der Waals surface area contributed by atoms with E-state index >= 15 is 0 Å². The van der Waals surface area contributed by atoms with E-state index in [4.69, 9.17) is 0 Å². The molecule has 1 heterocycles. The average molecular weight is 244 g/mol. The second-order valence-corrected chi connectivity index (χ2v) is 2.18. The fourth-order valence-corrected chi connectivity index (χ4v) is 0.926. The molecule has 4 heteroatoms. The predicted octanol–water partition coefficient (Wildman–Crippen LogP) is 1.23. The molecule has 0 aliphatic carbocycles. The number of hydrogen-bond acceptors (Lipinski definition) is 3. The monoisotopic (exact) mass is 244 g/mol. The van der Waals surface area contributed by atoms with Crippen molar-refractivity contribution in [2.24, 2.45) is 4.99 Å². The minimum Gasteiger partial charge on any atom is -0.305 e. The van der Waals surface area contributed by atoms with Gasteiger partial charge in [-0.3, -0.25) is 4.99 Å². The Morgan fingerprint density at radius 3 is 2.75 bits per heavy atom. The highest BCUT2D eigenvalue weighted by atomic mass is 127. The van der Waals surface area contributed by atoms with Gasteiger partial charge >= 0.3 is 0 Å². The van der Waals surface area contributed by atoms with Gasteiger partial charge in [0.1, 0.15) is 0 Å². The molecular weight excluding hydrogens is 235 g/mol. The molecule has 0 bridgehead atoms. The SMILES string of the molecule is CSN1C=NCC1.I. The Labute approximate surface area is 70.9 Å². The third-order valence-corrected chi connectivity index (χ3v) is 1.64. The van der Waals surface area contributed by atoms with Crippen molar-refractivity contribution in [1.29, 1.82) is 0 Å². The van der Waals surface area contributed by atoms with Gasteiger partial charge in [-0.05, 0) is 0 Å². The quantitative estimate of drug-likeness (QED) is 0.509. The first kappa shape index (κ1) is 8.55. The number of nitrogens with zero attached hydrogens (tertiary/aromatic N) is 2. The van der Waals surface area contributed by atoms with Crippen molar-refractivity contribution in [3.8, 4) is 0 Å². The smallest absolute Gasteiger partial charge is 0.0950 e. The van der Waals surface area contributed by atoms with Gasteiger partial charge in [0.05, 0.1) is 19.4 Å². The van der Waals surface area contributed by atoms with Gasteiger partial charge in [0.25, 0.3) is 0 Å². The van der Waals surface area contributed by atoms with Crippen LogP contribution in [-0.4, -0.2) is 30.0 Å². The highest BCUT2D eigenvalue weighted by Gasteiger charge is 1.99. The molecule has 1 rings (SSSR count). The van der Waals surface area contributed by atoms with E-state index < -0.39 is 0 Å². The molecule has 0 aromatic heterocycles. The van der Waals surface area contributed by atoms with Gasteiger partial charge in [-0.2, -0.15) is 0 Å². The van der Waals surface area contributed by atoms with Crippen LogP contribution in [0.5, 0.6) is 0 Å². The van der Waals surface area contributed by atoms with Crippen LogP contribution in [0.2, 0.25) is 0 Å². The molecule has 0 atom stereocenters. The normalized spacial score (nSPS) is 16.4. The summed E-state index contributed by atoms with van der Waals surface area (Å²) in [6.45, 7) is 2.06. The van der Waals surface area contributed by atoms with E-state index in [0.717, 1.165) is 13.1 Å². The van der Waals surface area contributed by atoms with Gasteiger partial charge < -0.3 is 4.31 Å². The van der Waals surface area contributed by atoms with Crippen LogP contribution in [0.15, 0.2) is 4.99 Å². The Bertz CT molecular complexity index is 86.1. The molecule has 1 aliphatic heterocycles. The first-order chi connectivity index (χ1) is 3.43. The van der Waals surface area contributed by atoms with Crippen molar-refractivity contribution >= 4 is 42.3 Å². The first-order valence-electron chi connectivity index (χ1n) is 2.24. The van der Waals surface area contributed by atoms with E-state index in [0.29, 0.717) is 0 Å². The van der Waals surface area contributed by atoms with Crippen molar-refractivity contribution in [2.75, 3.05) is 19.3 Å². The van der Waals surface area contributed by atoms with Crippen LogP contribution in [0.25, 0.3) is 0 Å². The van der Waals surface area contributed by atoms with Crippen molar-refractivity contribution < 1.29 is 0 Å². The summed E-state index contributed by atoms with van der Waals surface area (Å²) < 4.78 is 2.11. The molecule has 0 radical (unpaired) electrons. The molecule has 0 N–H and O–H groups in total. The number of aliphatic imine (C=N–C) groups is 1. The van der Waals surface area contributed by atoms with Gasteiger partial charge in [-0.1, -0.05) is 11.9 Å². The average Bonchev–Trinajstić information content (AvgIpc) is 2.14. The summed E-state index contributed by atoms with van der Waals surface area (Å²) >= 11 is 1.72. The Kier molecular flexibility index (Phi) is 4.74. The molecular formula is C4H9IN2S. The summed E-state index contributed by atoms with van der Waals surface area (Å²) in [6, 6.07) is 0. The Balaban J connectivity index is 0.000000490. The van der Waals surface area contributed by atoms with Crippen LogP contribution in [0.1, 0.15) is 0 Å². The lowest BCUT2D eigenvalue weighted by Gasteiger charge is -2.05. The summed E-state index contributed by atoms with van der Waals surface area (Å²) in [5, 5.41) is 0. The van der Waals surface area contributed by atoms with E-state index in [2.05, 4.69) is 15.6 Å². The summed E-state index contributed by atoms with van der Waals surface area (Å²) in [5.41, 5.74) is 0. The summed E-state index contributed by atoms with van der Waals surface area (Å²) in [4.78, 5) is 4.02. The highest BCUT2D eigenvalue weighted by Crippen LogP contribution is 2.03. The molecule has 8 heavy (non-hydrogen) atoms. The zero-order valence-corrected chi connectivity index (χ0v) is 7.85. The standard InChI is InChI=1S/C4H8N2S.HI/c1-7-6-3-2-5-4-6;/h4H,2-3H2,1H3;1H. The Morgan fingerprint density at radius 1 is 1.75 bits per heavy atom. The number of halogens is 1. The van der Waals surface area contributed by atoms with Gasteiger partial charge in [0, 0.05) is 6.26 Å². The molecule has 2 nitrogen and oxygen atoms in total. The fourth-order valence-electron chi connectivity index (χ4n) is 0.501. The summed E-state index contributed by atoms with van der Waals surface area (Å²) in [7, 11) is 0. The summed E-state index contributed by atoms with van der Waals surface area (Å²) in [5.74, 6) is 0. The van der Waals surface area contributed by atoms with Gasteiger partial charge in [-0.15, -0.1) is 24.0 Å². The Hall–Kier alpha value is 0.550. The minimum absolute atomic E-state index is 0. The van der Waals surface area contributed by atoms with Crippen LogP contribution in [0.4, 0.5) is 0 Å². The van der Waals surface area contributed by atoms with E-state index in [1.165, 1.54) is 0 Å². The number of rotatable bonds is 1. The van der Waals surface area contributed by atoms with Crippen molar-refractivity contribution in [2.45, 2.75) is 0 Å². The maximum Gasteiger partial charge on any atom is 0.0950 e. The van der Waals surface area contributed by atoms with Gasteiger partial charge in [0.15, 0.2) is 0 Å². The highest BCUT2D eigenvalue weighted by molar-refractivity contribution is 14.0. The molecule has 0 spiro atoms. The third-order valence-electron chi connectivity index (χ3n) is 0.894. The van der Waals surface area contributed by atoms with Crippen molar-refractivity contribution in [3.63, 3.8) is 0 Å². The van der Waals surface area contributed by atoms with E-state index in [-0.39, 0.29) is 24.0 Å². The predicted molar refractivity (Wildman–Crippen MR) is 49.0 cm³/mol. The molecule has 0 amide bonds. The van der Waals surface area contributed by atoms with Crippen molar-refractivity contribution in [3.05, 3.63) is 0 Å². The van der Waals surface area contributed by atoms with Crippen LogP contribution in [0, 0.1) is 0 Å². The molecule has 0 saturated carbocycles. The lowest BCUT2D eigenvalue weighted by Crippen LogP contribution is -2.08. The molecule has 0 aromatic carbocycles. The molecule has 1 aliphatic rings. The van der Waals surface area contributed by atoms with E-state index in [1.54, 1.807) is 11.9 Å².